The molecule has 0 aliphatic carbocycles. The second kappa shape index (κ2) is 10.8. The van der Waals surface area contributed by atoms with E-state index in [-0.39, 0.29) is 0 Å². The molecule has 3 nitrogen and oxygen atoms in total. The van der Waals surface area contributed by atoms with Crippen LogP contribution < -0.4 is 5.32 Å². The highest BCUT2D eigenvalue weighted by molar-refractivity contribution is 4.73. The summed E-state index contributed by atoms with van der Waals surface area (Å²) in [5, 5.41) is 3.67. The first-order valence-electron chi connectivity index (χ1n) is 7.51. The van der Waals surface area contributed by atoms with Crippen molar-refractivity contribution in [2.24, 2.45) is 5.92 Å². The predicted octanol–water partition coefficient (Wildman–Crippen LogP) is 2.76. The molecule has 0 aliphatic rings. The van der Waals surface area contributed by atoms with Crippen LogP contribution in [0.5, 0.6) is 0 Å². The smallest absolute Gasteiger partial charge is 0.0589 e. The van der Waals surface area contributed by atoms with Gasteiger partial charge in [0.15, 0.2) is 0 Å². The maximum absolute atomic E-state index is 5.21. The first kappa shape index (κ1) is 17.9. The quantitative estimate of drug-likeness (QED) is 0.617. The standard InChI is InChI=1S/C15H34N2O/c1-7-15(8-2)16-11-14(5)17(9-10-18-6)12-13(3)4/h13-16H,7-12H2,1-6H3. The van der Waals surface area contributed by atoms with Gasteiger partial charge in [0.1, 0.15) is 0 Å². The van der Waals surface area contributed by atoms with Gasteiger partial charge in [0.05, 0.1) is 6.61 Å². The lowest BCUT2D eigenvalue weighted by Gasteiger charge is -2.31. The van der Waals surface area contributed by atoms with Crippen molar-refractivity contribution in [3.63, 3.8) is 0 Å². The van der Waals surface area contributed by atoms with Crippen molar-refractivity contribution >= 4 is 0 Å². The van der Waals surface area contributed by atoms with Crippen LogP contribution in [0.3, 0.4) is 0 Å². The second-order valence-corrected chi connectivity index (χ2v) is 5.65. The normalized spacial score (nSPS) is 13.8. The van der Waals surface area contributed by atoms with E-state index in [1.165, 1.54) is 12.8 Å². The highest BCUT2D eigenvalue weighted by Crippen LogP contribution is 2.05. The number of hydrogen-bond acceptors (Lipinski definition) is 3. The van der Waals surface area contributed by atoms with E-state index < -0.39 is 0 Å². The zero-order valence-corrected chi connectivity index (χ0v) is 13.3. The number of hydrogen-bond donors (Lipinski definition) is 1. The van der Waals surface area contributed by atoms with E-state index in [1.54, 1.807) is 7.11 Å². The van der Waals surface area contributed by atoms with Crippen LogP contribution in [0.1, 0.15) is 47.5 Å². The Hall–Kier alpha value is -0.120. The van der Waals surface area contributed by atoms with Crippen LogP contribution in [0.25, 0.3) is 0 Å². The molecule has 0 heterocycles. The van der Waals surface area contributed by atoms with Crippen LogP contribution in [0.2, 0.25) is 0 Å². The van der Waals surface area contributed by atoms with Gasteiger partial charge in [0.2, 0.25) is 0 Å². The molecule has 0 spiro atoms. The highest BCUT2D eigenvalue weighted by atomic mass is 16.5. The summed E-state index contributed by atoms with van der Waals surface area (Å²) < 4.78 is 5.21. The van der Waals surface area contributed by atoms with E-state index >= 15 is 0 Å². The minimum absolute atomic E-state index is 0.572. The van der Waals surface area contributed by atoms with Gasteiger partial charge in [0.25, 0.3) is 0 Å². The first-order chi connectivity index (χ1) is 8.54. The van der Waals surface area contributed by atoms with E-state index in [0.717, 1.165) is 26.2 Å². The van der Waals surface area contributed by atoms with E-state index in [9.17, 15) is 0 Å². The fourth-order valence-electron chi connectivity index (χ4n) is 2.21. The fraction of sp³-hybridized carbons (Fsp3) is 1.00. The predicted molar refractivity (Wildman–Crippen MR) is 80.1 cm³/mol. The van der Waals surface area contributed by atoms with Gasteiger partial charge in [0, 0.05) is 38.8 Å². The summed E-state index contributed by atoms with van der Waals surface area (Å²) in [6.45, 7) is 15.4. The van der Waals surface area contributed by atoms with Crippen LogP contribution in [-0.4, -0.2) is 50.3 Å². The van der Waals surface area contributed by atoms with Crippen molar-refractivity contribution in [3.05, 3.63) is 0 Å². The third-order valence-electron chi connectivity index (χ3n) is 3.49. The van der Waals surface area contributed by atoms with Crippen LogP contribution in [0, 0.1) is 5.92 Å². The molecule has 110 valence electrons. The highest BCUT2D eigenvalue weighted by Gasteiger charge is 2.15. The third kappa shape index (κ3) is 8.06. The molecule has 1 unspecified atom stereocenters. The Morgan fingerprint density at radius 1 is 1.11 bits per heavy atom. The lowest BCUT2D eigenvalue weighted by atomic mass is 10.1. The molecule has 0 fully saturated rings. The summed E-state index contributed by atoms with van der Waals surface area (Å²) >= 11 is 0. The number of ether oxygens (including phenoxy) is 1. The van der Waals surface area contributed by atoms with Crippen LogP contribution in [0.15, 0.2) is 0 Å². The van der Waals surface area contributed by atoms with Gasteiger partial charge in [-0.2, -0.15) is 0 Å². The van der Waals surface area contributed by atoms with Gasteiger partial charge in [-0.3, -0.25) is 4.90 Å². The summed E-state index contributed by atoms with van der Waals surface area (Å²) in [6, 6.07) is 1.24. The van der Waals surface area contributed by atoms with E-state index in [0.29, 0.717) is 18.0 Å². The van der Waals surface area contributed by atoms with Crippen LogP contribution >= 0.6 is 0 Å². The fourth-order valence-corrected chi connectivity index (χ4v) is 2.21. The maximum Gasteiger partial charge on any atom is 0.0589 e. The second-order valence-electron chi connectivity index (χ2n) is 5.65. The SMILES string of the molecule is CCC(CC)NCC(C)N(CCOC)CC(C)C. The van der Waals surface area contributed by atoms with Crippen molar-refractivity contribution in [2.45, 2.75) is 59.5 Å². The Morgan fingerprint density at radius 3 is 2.17 bits per heavy atom. The molecular formula is C15H34N2O. The molecule has 0 bridgehead atoms. The molecule has 0 rings (SSSR count). The average Bonchev–Trinajstić information content (AvgIpc) is 2.35. The molecule has 0 aliphatic heterocycles. The Morgan fingerprint density at radius 2 is 1.72 bits per heavy atom. The van der Waals surface area contributed by atoms with Gasteiger partial charge < -0.3 is 10.1 Å². The Bertz CT molecular complexity index is 181. The third-order valence-corrected chi connectivity index (χ3v) is 3.49. The van der Waals surface area contributed by atoms with Crippen LogP contribution in [-0.2, 0) is 4.74 Å². The van der Waals surface area contributed by atoms with E-state index in [2.05, 4.69) is 44.8 Å². The number of methoxy groups -OCH3 is 1. The van der Waals surface area contributed by atoms with Gasteiger partial charge in [-0.15, -0.1) is 0 Å². The van der Waals surface area contributed by atoms with Gasteiger partial charge in [-0.05, 0) is 25.7 Å². The average molecular weight is 258 g/mol. The first-order valence-corrected chi connectivity index (χ1v) is 7.51. The van der Waals surface area contributed by atoms with Crippen molar-refractivity contribution in [1.82, 2.24) is 10.2 Å². The molecule has 0 saturated carbocycles. The van der Waals surface area contributed by atoms with E-state index in [4.69, 9.17) is 4.74 Å². The summed E-state index contributed by atoms with van der Waals surface area (Å²) in [7, 11) is 1.78. The van der Waals surface area contributed by atoms with E-state index in [1.807, 2.05) is 0 Å². The molecular weight excluding hydrogens is 224 g/mol. The molecule has 0 saturated heterocycles. The molecule has 1 N–H and O–H groups in total. The molecule has 1 atom stereocenters. The summed E-state index contributed by atoms with van der Waals surface area (Å²) in [5.41, 5.74) is 0. The molecule has 0 aromatic carbocycles. The van der Waals surface area contributed by atoms with Crippen molar-refractivity contribution in [2.75, 3.05) is 33.4 Å². The topological polar surface area (TPSA) is 24.5 Å². The monoisotopic (exact) mass is 258 g/mol. The van der Waals surface area contributed by atoms with Crippen molar-refractivity contribution < 1.29 is 4.74 Å². The van der Waals surface area contributed by atoms with Crippen LogP contribution in [0.4, 0.5) is 0 Å². The lowest BCUT2D eigenvalue weighted by molar-refractivity contribution is 0.113. The minimum atomic E-state index is 0.572. The lowest BCUT2D eigenvalue weighted by Crippen LogP contribution is -2.45. The zero-order valence-electron chi connectivity index (χ0n) is 13.3. The van der Waals surface area contributed by atoms with Crippen molar-refractivity contribution in [1.29, 1.82) is 0 Å². The number of nitrogens with one attached hydrogen (secondary N) is 1. The summed E-state index contributed by atoms with van der Waals surface area (Å²) in [4.78, 5) is 2.53. The van der Waals surface area contributed by atoms with Gasteiger partial charge in [-0.25, -0.2) is 0 Å². The minimum Gasteiger partial charge on any atom is -0.383 e. The maximum atomic E-state index is 5.21. The molecule has 18 heavy (non-hydrogen) atoms. The molecule has 0 aromatic rings. The Balaban J connectivity index is 4.13. The van der Waals surface area contributed by atoms with Gasteiger partial charge in [-0.1, -0.05) is 27.7 Å². The molecule has 0 amide bonds. The number of rotatable bonds is 11. The van der Waals surface area contributed by atoms with Crippen molar-refractivity contribution in [3.8, 4) is 0 Å². The molecule has 0 aromatic heterocycles. The largest absolute Gasteiger partial charge is 0.383 e. The summed E-state index contributed by atoms with van der Waals surface area (Å²) in [6.07, 6.45) is 2.43. The molecule has 3 heteroatoms. The summed E-state index contributed by atoms with van der Waals surface area (Å²) in [5.74, 6) is 0.706. The molecule has 0 radical (unpaired) electrons. The Kier molecular flexibility index (Phi) is 10.7. The zero-order chi connectivity index (χ0) is 14.0. The Labute approximate surface area is 114 Å². The van der Waals surface area contributed by atoms with Gasteiger partial charge >= 0.3 is 0 Å². The number of nitrogens with zero attached hydrogens (tertiary/aromatic N) is 1.